The maximum absolute atomic E-state index is 11.2. The van der Waals surface area contributed by atoms with Crippen LogP contribution in [0.25, 0.3) is 0 Å². The number of piperidine rings is 1. The third-order valence-corrected chi connectivity index (χ3v) is 4.85. The molecule has 4 rings (SSSR count). The van der Waals surface area contributed by atoms with Crippen LogP contribution in [0.1, 0.15) is 23.7 Å². The van der Waals surface area contributed by atoms with Crippen molar-refractivity contribution in [1.82, 2.24) is 0 Å². The smallest absolute Gasteiger partial charge is 0.159 e. The lowest BCUT2D eigenvalue weighted by Gasteiger charge is -2.47. The van der Waals surface area contributed by atoms with Gasteiger partial charge in [0.1, 0.15) is 0 Å². The first-order valence-corrected chi connectivity index (χ1v) is 6.68. The van der Waals surface area contributed by atoms with E-state index in [1.165, 1.54) is 25.2 Å². The van der Waals surface area contributed by atoms with Crippen LogP contribution in [0, 0.1) is 0 Å². The number of hydrogen-bond acceptors (Lipinski definition) is 3. The highest BCUT2D eigenvalue weighted by molar-refractivity contribution is 8.02. The number of Topliss-reactive ketones (excluding diaryl/α,β-unsaturated/α-hetero) is 1. The Hall–Kier alpha value is -0.960. The van der Waals surface area contributed by atoms with Gasteiger partial charge in [-0.1, -0.05) is 0 Å². The van der Waals surface area contributed by atoms with Gasteiger partial charge in [0.25, 0.3) is 0 Å². The molecule has 0 spiro atoms. The molecule has 3 heterocycles. The molecule has 84 valence electrons. The third kappa shape index (κ3) is 1.73. The molecule has 0 saturated carbocycles. The first-order chi connectivity index (χ1) is 7.72. The van der Waals surface area contributed by atoms with Gasteiger partial charge in [-0.3, -0.25) is 4.79 Å². The van der Waals surface area contributed by atoms with Crippen molar-refractivity contribution in [2.75, 3.05) is 18.0 Å². The number of ketones is 1. The molecule has 0 radical (unpaired) electrons. The number of nitrogens with zero attached hydrogens (tertiary/aromatic N) is 1. The van der Waals surface area contributed by atoms with E-state index in [1.807, 2.05) is 12.1 Å². The van der Waals surface area contributed by atoms with E-state index in [0.29, 0.717) is 0 Å². The van der Waals surface area contributed by atoms with Crippen LogP contribution >= 0.6 is 11.8 Å². The molecule has 3 aliphatic rings. The van der Waals surface area contributed by atoms with Crippen molar-refractivity contribution in [3.8, 4) is 0 Å². The maximum Gasteiger partial charge on any atom is 0.159 e. The highest BCUT2D eigenvalue weighted by atomic mass is 32.2. The van der Waals surface area contributed by atoms with E-state index in [4.69, 9.17) is 0 Å². The minimum absolute atomic E-state index is 0.142. The standard InChI is InChI=1S/C13H15NOS/c1-9(15)10-2-4-11(5-3-10)14-7-12-6-13(8-14)16-12/h2-5,12-13H,6-8H2,1H3. The van der Waals surface area contributed by atoms with Crippen molar-refractivity contribution in [2.24, 2.45) is 0 Å². The Morgan fingerprint density at radius 3 is 2.31 bits per heavy atom. The fourth-order valence-electron chi connectivity index (χ4n) is 2.47. The molecular formula is C13H15NOS. The van der Waals surface area contributed by atoms with Crippen LogP contribution in [0.4, 0.5) is 5.69 Å². The van der Waals surface area contributed by atoms with Gasteiger partial charge >= 0.3 is 0 Å². The molecule has 1 aromatic carbocycles. The van der Waals surface area contributed by atoms with Gasteiger partial charge in [-0.2, -0.15) is 11.8 Å². The van der Waals surface area contributed by atoms with Crippen molar-refractivity contribution in [3.05, 3.63) is 29.8 Å². The summed E-state index contributed by atoms with van der Waals surface area (Å²) in [7, 11) is 0. The molecule has 0 N–H and O–H groups in total. The van der Waals surface area contributed by atoms with Crippen LogP contribution in [0.3, 0.4) is 0 Å². The van der Waals surface area contributed by atoms with Gasteiger partial charge in [0.2, 0.25) is 0 Å². The van der Waals surface area contributed by atoms with E-state index in [-0.39, 0.29) is 5.78 Å². The minimum Gasteiger partial charge on any atom is -0.369 e. The average Bonchev–Trinajstić information content (AvgIpc) is 2.28. The van der Waals surface area contributed by atoms with Crippen molar-refractivity contribution in [2.45, 2.75) is 23.8 Å². The zero-order valence-electron chi connectivity index (χ0n) is 9.35. The summed E-state index contributed by atoms with van der Waals surface area (Å²) in [5, 5.41) is 1.68. The summed E-state index contributed by atoms with van der Waals surface area (Å²) in [6.45, 7) is 3.95. The summed E-state index contributed by atoms with van der Waals surface area (Å²) in [6.07, 6.45) is 1.40. The second-order valence-corrected chi connectivity index (χ2v) is 6.23. The Labute approximate surface area is 100 Å². The Bertz CT molecular complexity index is 398. The first kappa shape index (κ1) is 10.2. The molecule has 0 aliphatic carbocycles. The Morgan fingerprint density at radius 2 is 1.81 bits per heavy atom. The third-order valence-electron chi connectivity index (χ3n) is 3.40. The molecule has 2 atom stereocenters. The monoisotopic (exact) mass is 233 g/mol. The summed E-state index contributed by atoms with van der Waals surface area (Å²) in [4.78, 5) is 13.6. The van der Waals surface area contributed by atoms with Crippen LogP contribution in [0.15, 0.2) is 24.3 Å². The van der Waals surface area contributed by atoms with Gasteiger partial charge in [0.15, 0.2) is 5.78 Å². The molecule has 2 unspecified atom stereocenters. The van der Waals surface area contributed by atoms with E-state index in [9.17, 15) is 4.79 Å². The van der Waals surface area contributed by atoms with Gasteiger partial charge in [0.05, 0.1) is 0 Å². The molecule has 3 heteroatoms. The van der Waals surface area contributed by atoms with Crippen LogP contribution in [-0.4, -0.2) is 29.4 Å². The molecule has 16 heavy (non-hydrogen) atoms. The van der Waals surface area contributed by atoms with Gasteiger partial charge < -0.3 is 4.90 Å². The predicted molar refractivity (Wildman–Crippen MR) is 68.4 cm³/mol. The molecule has 2 nitrogen and oxygen atoms in total. The lowest BCUT2D eigenvalue weighted by Crippen LogP contribution is -2.51. The number of thioether (sulfide) groups is 1. The van der Waals surface area contributed by atoms with E-state index >= 15 is 0 Å². The second kappa shape index (κ2) is 3.81. The van der Waals surface area contributed by atoms with Crippen LogP contribution in [0.2, 0.25) is 0 Å². The summed E-state index contributed by atoms with van der Waals surface area (Å²) >= 11 is 2.13. The number of carbonyl (C=O) groups is 1. The minimum atomic E-state index is 0.142. The summed E-state index contributed by atoms with van der Waals surface area (Å²) in [5.74, 6) is 0.142. The molecule has 1 aromatic rings. The zero-order valence-corrected chi connectivity index (χ0v) is 10.2. The Kier molecular flexibility index (Phi) is 2.43. The van der Waals surface area contributed by atoms with Crippen LogP contribution < -0.4 is 4.90 Å². The molecule has 2 bridgehead atoms. The average molecular weight is 233 g/mol. The number of fused-ring (bicyclic) bond motifs is 2. The van der Waals surface area contributed by atoms with Crippen molar-refractivity contribution < 1.29 is 4.79 Å². The van der Waals surface area contributed by atoms with Crippen LogP contribution in [0.5, 0.6) is 0 Å². The van der Waals surface area contributed by atoms with Crippen molar-refractivity contribution >= 4 is 23.2 Å². The molecule has 3 saturated heterocycles. The zero-order chi connectivity index (χ0) is 11.1. The fraction of sp³-hybridized carbons (Fsp3) is 0.462. The van der Waals surface area contributed by atoms with E-state index in [1.54, 1.807) is 6.92 Å². The molecule has 3 aliphatic heterocycles. The topological polar surface area (TPSA) is 20.3 Å². The largest absolute Gasteiger partial charge is 0.369 e. The van der Waals surface area contributed by atoms with E-state index in [0.717, 1.165) is 16.1 Å². The number of anilines is 1. The van der Waals surface area contributed by atoms with Crippen molar-refractivity contribution in [3.63, 3.8) is 0 Å². The fourth-order valence-corrected chi connectivity index (χ4v) is 3.88. The Balaban J connectivity index is 1.77. The van der Waals surface area contributed by atoms with Gasteiger partial charge in [-0.15, -0.1) is 0 Å². The first-order valence-electron chi connectivity index (χ1n) is 5.74. The highest BCUT2D eigenvalue weighted by Crippen LogP contribution is 2.42. The quantitative estimate of drug-likeness (QED) is 0.732. The lowest BCUT2D eigenvalue weighted by atomic mass is 10.1. The van der Waals surface area contributed by atoms with Gasteiger partial charge in [0, 0.05) is 34.8 Å². The molecule has 0 aromatic heterocycles. The molecular weight excluding hydrogens is 218 g/mol. The summed E-state index contributed by atoms with van der Waals surface area (Å²) < 4.78 is 0. The number of benzene rings is 1. The van der Waals surface area contributed by atoms with Crippen molar-refractivity contribution in [1.29, 1.82) is 0 Å². The van der Waals surface area contributed by atoms with E-state index < -0.39 is 0 Å². The van der Waals surface area contributed by atoms with Gasteiger partial charge in [-0.05, 0) is 37.6 Å². The predicted octanol–water partition coefficient (Wildman–Crippen LogP) is 2.58. The number of carbonyl (C=O) groups excluding carboxylic acids is 1. The molecule has 0 amide bonds. The number of hydrogen-bond donors (Lipinski definition) is 0. The summed E-state index contributed by atoms with van der Waals surface area (Å²) in [5.41, 5.74) is 2.07. The Morgan fingerprint density at radius 1 is 1.25 bits per heavy atom. The summed E-state index contributed by atoms with van der Waals surface area (Å²) in [6, 6.07) is 8.02. The van der Waals surface area contributed by atoms with Crippen LogP contribution in [-0.2, 0) is 0 Å². The maximum atomic E-state index is 11.2. The highest BCUT2D eigenvalue weighted by Gasteiger charge is 2.37. The number of rotatable bonds is 2. The van der Waals surface area contributed by atoms with E-state index in [2.05, 4.69) is 28.8 Å². The van der Waals surface area contributed by atoms with Gasteiger partial charge in [-0.25, -0.2) is 0 Å². The lowest BCUT2D eigenvalue weighted by molar-refractivity contribution is 0.101. The normalized spacial score (nSPS) is 27.4. The second-order valence-electron chi connectivity index (χ2n) is 4.62. The SMILES string of the molecule is CC(=O)c1ccc(N2CC3CC(C2)S3)cc1. The molecule has 3 fully saturated rings.